The molecule has 164 valence electrons. The molecule has 2 nitrogen and oxygen atoms in total. The zero-order valence-corrected chi connectivity index (χ0v) is 20.0. The Morgan fingerprint density at radius 1 is 0.727 bits per heavy atom. The van der Waals surface area contributed by atoms with Crippen molar-refractivity contribution in [2.45, 2.75) is 13.8 Å². The monoisotopic (exact) mass is 450 g/mol. The van der Waals surface area contributed by atoms with Gasteiger partial charge >= 0.3 is 0 Å². The molecule has 0 aromatic heterocycles. The van der Waals surface area contributed by atoms with Crippen LogP contribution in [-0.2, 0) is 4.52 Å². The molecule has 0 N–H and O–H groups in total. The minimum absolute atomic E-state index is 0.0539. The van der Waals surface area contributed by atoms with Crippen molar-refractivity contribution in [2.24, 2.45) is 10.9 Å². The molecule has 0 aliphatic carbocycles. The normalized spacial score (nSPS) is 12.7. The van der Waals surface area contributed by atoms with E-state index in [2.05, 4.69) is 105 Å². The maximum atomic E-state index is 7.17. The van der Waals surface area contributed by atoms with E-state index in [0.29, 0.717) is 5.90 Å². The molecule has 4 aromatic rings. The third-order valence-corrected chi connectivity index (χ3v) is 9.14. The lowest BCUT2D eigenvalue weighted by atomic mass is 10.2. The van der Waals surface area contributed by atoms with E-state index in [0.717, 1.165) is 21.6 Å². The number of hydrogen-bond acceptors (Lipinski definition) is 2. The molecule has 33 heavy (non-hydrogen) atoms. The van der Waals surface area contributed by atoms with E-state index < -0.39 is 7.49 Å². The molecule has 0 aliphatic heterocycles. The van der Waals surface area contributed by atoms with Crippen molar-refractivity contribution < 1.29 is 4.52 Å². The van der Waals surface area contributed by atoms with E-state index in [4.69, 9.17) is 9.52 Å². The summed E-state index contributed by atoms with van der Waals surface area (Å²) in [6.07, 6.45) is 1.89. The molecule has 4 rings (SSSR count). The summed E-state index contributed by atoms with van der Waals surface area (Å²) in [7, 11) is -2.50. The fourth-order valence-electron chi connectivity index (χ4n) is 3.71. The summed E-state index contributed by atoms with van der Waals surface area (Å²) in [5.41, 5.74) is 2.07. The molecular weight excluding hydrogens is 421 g/mol. The Hall–Kier alpha value is -3.48. The van der Waals surface area contributed by atoms with Crippen LogP contribution in [0.1, 0.15) is 12.5 Å². The highest BCUT2D eigenvalue weighted by Crippen LogP contribution is 2.57. The highest BCUT2D eigenvalue weighted by atomic mass is 31.2. The fraction of sp³-hybridized carbons (Fsp3) is 0.100. The van der Waals surface area contributed by atoms with Gasteiger partial charge in [-0.15, -0.1) is 6.58 Å². The first-order valence-electron chi connectivity index (χ1n) is 11.2. The van der Waals surface area contributed by atoms with Crippen LogP contribution in [-0.4, -0.2) is 5.90 Å². The Labute approximate surface area is 197 Å². The molecule has 0 bridgehead atoms. The van der Waals surface area contributed by atoms with Gasteiger partial charge in [-0.2, -0.15) is 0 Å². The van der Waals surface area contributed by atoms with Crippen LogP contribution in [0, 0.1) is 12.8 Å². The van der Waals surface area contributed by atoms with Crippen molar-refractivity contribution in [3.05, 3.63) is 133 Å². The quantitative estimate of drug-likeness (QED) is 0.132. The molecule has 0 saturated heterocycles. The summed E-state index contributed by atoms with van der Waals surface area (Å²) < 4.78 is 7.17. The maximum absolute atomic E-state index is 7.17. The zero-order chi connectivity index (χ0) is 23.1. The van der Waals surface area contributed by atoms with E-state index in [1.165, 1.54) is 5.56 Å². The van der Waals surface area contributed by atoms with E-state index in [1.54, 1.807) is 0 Å². The van der Waals surface area contributed by atoms with Gasteiger partial charge in [-0.25, -0.2) is 4.99 Å². The van der Waals surface area contributed by atoms with Crippen molar-refractivity contribution in [1.29, 1.82) is 0 Å². The van der Waals surface area contributed by atoms with Gasteiger partial charge in [-0.05, 0) is 55.5 Å². The highest BCUT2D eigenvalue weighted by molar-refractivity contribution is 7.92. The molecule has 0 radical (unpaired) electrons. The number of hydrogen-bond donors (Lipinski definition) is 0. The predicted octanol–water partition coefficient (Wildman–Crippen LogP) is 6.77. The lowest BCUT2D eigenvalue weighted by molar-refractivity contribution is 0.574. The SMILES string of the molecule is C=CC(C)C(=Nc1ccc(C)cc1)O[P+](c1ccccc1)(c1ccccc1)c1ccccc1. The van der Waals surface area contributed by atoms with Gasteiger partial charge in [-0.3, -0.25) is 0 Å². The second-order valence-corrected chi connectivity index (χ2v) is 11.0. The zero-order valence-electron chi connectivity index (χ0n) is 19.1. The van der Waals surface area contributed by atoms with Crippen LogP contribution in [0.5, 0.6) is 0 Å². The van der Waals surface area contributed by atoms with Gasteiger partial charge in [0, 0.05) is 0 Å². The third-order valence-electron chi connectivity index (χ3n) is 5.61. The van der Waals surface area contributed by atoms with E-state index in [-0.39, 0.29) is 5.92 Å². The van der Waals surface area contributed by atoms with Crippen molar-refractivity contribution in [3.63, 3.8) is 0 Å². The molecule has 1 atom stereocenters. The first-order chi connectivity index (χ1) is 16.1. The summed E-state index contributed by atoms with van der Waals surface area (Å²) in [6.45, 7) is 8.19. The van der Waals surface area contributed by atoms with Crippen LogP contribution < -0.4 is 15.9 Å². The molecule has 0 heterocycles. The van der Waals surface area contributed by atoms with Gasteiger partial charge in [0.25, 0.3) is 7.49 Å². The lowest BCUT2D eigenvalue weighted by Gasteiger charge is -2.27. The van der Waals surface area contributed by atoms with Crippen molar-refractivity contribution in [1.82, 2.24) is 0 Å². The van der Waals surface area contributed by atoms with Crippen LogP contribution in [0.15, 0.2) is 133 Å². The average molecular weight is 451 g/mol. The molecule has 0 amide bonds. The second-order valence-electron chi connectivity index (χ2n) is 8.02. The van der Waals surface area contributed by atoms with Gasteiger partial charge < -0.3 is 4.52 Å². The summed E-state index contributed by atoms with van der Waals surface area (Å²) in [6, 6.07) is 39.8. The van der Waals surface area contributed by atoms with Crippen LogP contribution in [0.25, 0.3) is 0 Å². The number of rotatable bonds is 7. The van der Waals surface area contributed by atoms with Gasteiger partial charge in [0.2, 0.25) is 5.90 Å². The summed E-state index contributed by atoms with van der Waals surface area (Å²) in [5, 5.41) is 3.45. The van der Waals surface area contributed by atoms with E-state index in [1.807, 2.05) is 36.4 Å². The first-order valence-corrected chi connectivity index (χ1v) is 12.9. The first kappa shape index (κ1) is 22.7. The fourth-order valence-corrected chi connectivity index (χ4v) is 7.19. The second kappa shape index (κ2) is 10.4. The van der Waals surface area contributed by atoms with Gasteiger partial charge in [0.15, 0.2) is 0 Å². The van der Waals surface area contributed by atoms with E-state index in [9.17, 15) is 0 Å². The van der Waals surface area contributed by atoms with Crippen LogP contribution in [0.4, 0.5) is 5.69 Å². The molecule has 1 unspecified atom stereocenters. The summed E-state index contributed by atoms with van der Waals surface area (Å²) >= 11 is 0. The molecule has 0 aliphatic rings. The smallest absolute Gasteiger partial charge is 0.289 e. The molecular formula is C30H29NOP+. The predicted molar refractivity (Wildman–Crippen MR) is 144 cm³/mol. The van der Waals surface area contributed by atoms with Gasteiger partial charge in [-0.1, -0.05) is 85.3 Å². The maximum Gasteiger partial charge on any atom is 0.289 e. The Morgan fingerprint density at radius 3 is 1.55 bits per heavy atom. The minimum atomic E-state index is -2.50. The molecule has 4 aromatic carbocycles. The summed E-state index contributed by atoms with van der Waals surface area (Å²) in [4.78, 5) is 4.98. The molecule has 3 heteroatoms. The third kappa shape index (κ3) is 4.97. The summed E-state index contributed by atoms with van der Waals surface area (Å²) in [5.74, 6) is 0.612. The van der Waals surface area contributed by atoms with Crippen LogP contribution in [0.3, 0.4) is 0 Å². The van der Waals surface area contributed by atoms with Gasteiger partial charge in [0.05, 0.1) is 11.6 Å². The number of aryl methyl sites for hydroxylation is 1. The number of nitrogens with zero attached hydrogens (tertiary/aromatic N) is 1. The lowest BCUT2D eigenvalue weighted by Crippen LogP contribution is -2.35. The molecule has 0 fully saturated rings. The van der Waals surface area contributed by atoms with Crippen molar-refractivity contribution >= 4 is 35.0 Å². The van der Waals surface area contributed by atoms with Crippen molar-refractivity contribution in [2.75, 3.05) is 0 Å². The number of aliphatic imine (C=N–C) groups is 1. The largest absolute Gasteiger partial charge is 0.318 e. The Bertz CT molecular complexity index is 1110. The highest BCUT2D eigenvalue weighted by Gasteiger charge is 2.50. The molecule has 0 saturated carbocycles. The Balaban J connectivity index is 1.97. The minimum Gasteiger partial charge on any atom is -0.318 e. The van der Waals surface area contributed by atoms with Crippen LogP contribution in [0.2, 0.25) is 0 Å². The Kier molecular flexibility index (Phi) is 7.17. The van der Waals surface area contributed by atoms with Gasteiger partial charge in [0.1, 0.15) is 15.9 Å². The van der Waals surface area contributed by atoms with Crippen molar-refractivity contribution in [3.8, 4) is 0 Å². The molecule has 0 spiro atoms. The topological polar surface area (TPSA) is 21.6 Å². The average Bonchev–Trinajstić information content (AvgIpc) is 2.89. The Morgan fingerprint density at radius 2 is 1.15 bits per heavy atom. The number of benzene rings is 4. The standard InChI is InChI=1S/C30H29NOP/c1-4-25(3)30(31-26-22-20-24(2)21-23-26)32-33(27-14-8-5-9-15-27,28-16-10-6-11-17-28)29-18-12-7-13-19-29/h4-23,25H,1H2,2-3H3/q+1. The van der Waals surface area contributed by atoms with E-state index >= 15 is 0 Å². The van der Waals surface area contributed by atoms with Crippen LogP contribution >= 0.6 is 7.49 Å².